The Balaban J connectivity index is 1.89. The molecule has 0 spiro atoms. The molecule has 0 fully saturated rings. The number of nitrogens with one attached hydrogen (secondary N) is 2. The predicted octanol–water partition coefficient (Wildman–Crippen LogP) is 5.24. The van der Waals surface area contributed by atoms with Crippen LogP contribution in [0.2, 0.25) is 5.28 Å². The summed E-state index contributed by atoms with van der Waals surface area (Å²) in [4.78, 5) is 8.54. The third-order valence-electron chi connectivity index (χ3n) is 4.19. The second-order valence-corrected chi connectivity index (χ2v) is 6.91. The van der Waals surface area contributed by atoms with Gasteiger partial charge in [-0.3, -0.25) is 0 Å². The van der Waals surface area contributed by atoms with E-state index in [2.05, 4.69) is 40.2 Å². The molecule has 6 heteroatoms. The molecule has 0 saturated carbocycles. The van der Waals surface area contributed by atoms with E-state index in [4.69, 9.17) is 16.9 Å². The highest BCUT2D eigenvalue weighted by atomic mass is 35.5. The van der Waals surface area contributed by atoms with E-state index in [0.717, 1.165) is 41.8 Å². The molecular weight excluding hydrogens is 370 g/mol. The molecule has 2 aromatic rings. The molecule has 5 nitrogen and oxygen atoms in total. The number of halogens is 1. The van der Waals surface area contributed by atoms with Gasteiger partial charge >= 0.3 is 0 Å². The van der Waals surface area contributed by atoms with Crippen molar-refractivity contribution in [1.29, 1.82) is 5.26 Å². The molecular formula is C22H26ClN5. The summed E-state index contributed by atoms with van der Waals surface area (Å²) in [6.45, 7) is 9.16. The zero-order valence-electron chi connectivity index (χ0n) is 16.4. The van der Waals surface area contributed by atoms with Crippen molar-refractivity contribution in [3.8, 4) is 6.07 Å². The number of anilines is 1. The van der Waals surface area contributed by atoms with E-state index in [-0.39, 0.29) is 11.2 Å². The van der Waals surface area contributed by atoms with Gasteiger partial charge < -0.3 is 10.6 Å². The Bertz CT molecular complexity index is 911. The van der Waals surface area contributed by atoms with Crippen molar-refractivity contribution in [2.75, 3.05) is 18.4 Å². The lowest BCUT2D eigenvalue weighted by molar-refractivity contribution is 0.747. The molecule has 0 amide bonds. The number of allylic oxidation sites excluding steroid dienone is 5. The Kier molecular flexibility index (Phi) is 8.51. The van der Waals surface area contributed by atoms with Crippen LogP contribution in [0.1, 0.15) is 26.7 Å². The Morgan fingerprint density at radius 2 is 2.07 bits per heavy atom. The SMILES string of the molecule is C=C/C=C(\CC/C(C)=C/C(C)C#N)NCCNc1nc(Cl)nc2ccccc12. The lowest BCUT2D eigenvalue weighted by Gasteiger charge is -2.13. The summed E-state index contributed by atoms with van der Waals surface area (Å²) in [6.07, 6.45) is 7.55. The average Bonchev–Trinajstić information content (AvgIpc) is 2.68. The highest BCUT2D eigenvalue weighted by Gasteiger charge is 2.06. The van der Waals surface area contributed by atoms with Gasteiger partial charge in [0.05, 0.1) is 17.5 Å². The number of para-hydroxylation sites is 1. The molecule has 146 valence electrons. The molecule has 1 unspecified atom stereocenters. The fraction of sp³-hybridized carbons (Fsp3) is 0.318. The predicted molar refractivity (Wildman–Crippen MR) is 117 cm³/mol. The monoisotopic (exact) mass is 395 g/mol. The van der Waals surface area contributed by atoms with Gasteiger partial charge in [0.25, 0.3) is 0 Å². The fourth-order valence-corrected chi connectivity index (χ4v) is 3.01. The van der Waals surface area contributed by atoms with Gasteiger partial charge in [0.2, 0.25) is 5.28 Å². The fourth-order valence-electron chi connectivity index (χ4n) is 2.84. The molecule has 0 aliphatic rings. The van der Waals surface area contributed by atoms with Crippen LogP contribution in [0.25, 0.3) is 10.9 Å². The van der Waals surface area contributed by atoms with Crippen LogP contribution < -0.4 is 10.6 Å². The molecule has 0 aliphatic heterocycles. The first-order chi connectivity index (χ1) is 13.5. The number of hydrogen-bond donors (Lipinski definition) is 2. The molecule has 0 saturated heterocycles. The van der Waals surface area contributed by atoms with Crippen molar-refractivity contribution >= 4 is 28.3 Å². The van der Waals surface area contributed by atoms with Crippen molar-refractivity contribution in [2.45, 2.75) is 26.7 Å². The molecule has 28 heavy (non-hydrogen) atoms. The highest BCUT2D eigenvalue weighted by Crippen LogP contribution is 2.21. The summed E-state index contributed by atoms with van der Waals surface area (Å²) in [5, 5.41) is 16.8. The summed E-state index contributed by atoms with van der Waals surface area (Å²) in [5.74, 6) is 0.675. The van der Waals surface area contributed by atoms with Gasteiger partial charge in [-0.25, -0.2) is 9.97 Å². The second kappa shape index (κ2) is 11.1. The van der Waals surface area contributed by atoms with Crippen LogP contribution in [-0.4, -0.2) is 23.1 Å². The van der Waals surface area contributed by atoms with Crippen LogP contribution in [-0.2, 0) is 0 Å². The van der Waals surface area contributed by atoms with Gasteiger partial charge in [0.15, 0.2) is 0 Å². The first-order valence-electron chi connectivity index (χ1n) is 9.32. The summed E-state index contributed by atoms with van der Waals surface area (Å²) in [5.41, 5.74) is 3.14. The quantitative estimate of drug-likeness (QED) is 0.249. The number of aromatic nitrogens is 2. The Labute approximate surface area is 171 Å². The number of benzene rings is 1. The Hall–Kier alpha value is -2.84. The molecule has 0 aliphatic carbocycles. The molecule has 0 radical (unpaired) electrons. The molecule has 1 aromatic carbocycles. The number of hydrogen-bond acceptors (Lipinski definition) is 5. The van der Waals surface area contributed by atoms with Gasteiger partial charge in [-0.1, -0.05) is 36.4 Å². The van der Waals surface area contributed by atoms with Gasteiger partial charge in [-0.05, 0) is 56.5 Å². The van der Waals surface area contributed by atoms with Crippen LogP contribution >= 0.6 is 11.6 Å². The number of nitrogens with zero attached hydrogens (tertiary/aromatic N) is 3. The minimum Gasteiger partial charge on any atom is -0.387 e. The maximum atomic E-state index is 8.91. The highest BCUT2D eigenvalue weighted by molar-refractivity contribution is 6.28. The summed E-state index contributed by atoms with van der Waals surface area (Å²) < 4.78 is 0. The largest absolute Gasteiger partial charge is 0.387 e. The van der Waals surface area contributed by atoms with Crippen LogP contribution in [0.4, 0.5) is 5.82 Å². The minimum atomic E-state index is -0.0569. The lowest BCUT2D eigenvalue weighted by Crippen LogP contribution is -2.22. The maximum Gasteiger partial charge on any atom is 0.224 e. The average molecular weight is 396 g/mol. The minimum absolute atomic E-state index is 0.0569. The van der Waals surface area contributed by atoms with Crippen LogP contribution in [0.15, 0.2) is 60.3 Å². The van der Waals surface area contributed by atoms with E-state index in [1.54, 1.807) is 6.08 Å². The topological polar surface area (TPSA) is 73.6 Å². The number of fused-ring (bicyclic) bond motifs is 1. The summed E-state index contributed by atoms with van der Waals surface area (Å²) in [6, 6.07) is 10.0. The van der Waals surface area contributed by atoms with E-state index in [0.29, 0.717) is 6.54 Å². The summed E-state index contributed by atoms with van der Waals surface area (Å²) in [7, 11) is 0. The van der Waals surface area contributed by atoms with Crippen LogP contribution in [0, 0.1) is 17.2 Å². The van der Waals surface area contributed by atoms with Gasteiger partial charge in [0, 0.05) is 24.2 Å². The van der Waals surface area contributed by atoms with E-state index in [1.165, 1.54) is 5.57 Å². The van der Waals surface area contributed by atoms with Crippen molar-refractivity contribution in [1.82, 2.24) is 15.3 Å². The van der Waals surface area contributed by atoms with E-state index < -0.39 is 0 Å². The molecule has 1 aromatic heterocycles. The molecule has 0 bridgehead atoms. The van der Waals surface area contributed by atoms with E-state index in [1.807, 2.05) is 43.3 Å². The van der Waals surface area contributed by atoms with Gasteiger partial charge in [0.1, 0.15) is 5.82 Å². The first kappa shape index (κ1) is 21.5. The zero-order valence-corrected chi connectivity index (χ0v) is 17.1. The van der Waals surface area contributed by atoms with E-state index >= 15 is 0 Å². The molecule has 2 rings (SSSR count). The summed E-state index contributed by atoms with van der Waals surface area (Å²) >= 11 is 6.02. The van der Waals surface area contributed by atoms with Crippen LogP contribution in [0.5, 0.6) is 0 Å². The van der Waals surface area contributed by atoms with Crippen LogP contribution in [0.3, 0.4) is 0 Å². The smallest absolute Gasteiger partial charge is 0.224 e. The molecule has 1 heterocycles. The first-order valence-corrected chi connectivity index (χ1v) is 9.69. The number of rotatable bonds is 10. The third kappa shape index (κ3) is 6.71. The molecule has 2 N–H and O–H groups in total. The normalized spacial score (nSPS) is 13.1. The van der Waals surface area contributed by atoms with Crippen molar-refractivity contribution in [3.05, 3.63) is 65.6 Å². The van der Waals surface area contributed by atoms with Gasteiger partial charge in [-0.15, -0.1) is 0 Å². The van der Waals surface area contributed by atoms with Crippen molar-refractivity contribution in [3.63, 3.8) is 0 Å². The molecule has 1 atom stereocenters. The maximum absolute atomic E-state index is 8.91. The zero-order chi connectivity index (χ0) is 20.4. The van der Waals surface area contributed by atoms with Gasteiger partial charge in [-0.2, -0.15) is 5.26 Å². The Morgan fingerprint density at radius 1 is 1.29 bits per heavy atom. The third-order valence-corrected chi connectivity index (χ3v) is 4.36. The standard InChI is InChI=1S/C22H26ClN5/c1-4-7-18(11-10-16(2)14-17(3)15-24)25-12-13-26-21-19-8-5-6-9-20(19)27-22(23)28-21/h4-9,14,17,25H,1,10-13H2,2-3H3,(H,26,27,28)/b16-14+,18-7+. The Morgan fingerprint density at radius 3 is 2.82 bits per heavy atom. The van der Waals surface area contributed by atoms with Crippen molar-refractivity contribution < 1.29 is 0 Å². The lowest BCUT2D eigenvalue weighted by atomic mass is 10.0. The number of nitriles is 1. The van der Waals surface area contributed by atoms with E-state index in [9.17, 15) is 0 Å². The second-order valence-electron chi connectivity index (χ2n) is 6.57. The van der Waals surface area contributed by atoms with Crippen molar-refractivity contribution in [2.24, 2.45) is 5.92 Å².